The number of aliphatic imine (C=N–C) groups is 2. The molecule has 4 nitrogen and oxygen atoms in total. The first-order valence-electron chi connectivity index (χ1n) is 5.09. The van der Waals surface area contributed by atoms with E-state index < -0.39 is 17.2 Å². The van der Waals surface area contributed by atoms with Crippen LogP contribution in [0.1, 0.15) is 26.7 Å². The zero-order chi connectivity index (χ0) is 12.3. The molecule has 1 aliphatic heterocycles. The summed E-state index contributed by atoms with van der Waals surface area (Å²) in [6, 6.07) is 0. The minimum atomic E-state index is -1.17. The quantitative estimate of drug-likeness (QED) is 0.294. The van der Waals surface area contributed by atoms with Crippen molar-refractivity contribution >= 4 is 29.6 Å². The third-order valence-electron chi connectivity index (χ3n) is 2.46. The van der Waals surface area contributed by atoms with E-state index in [0.717, 1.165) is 0 Å². The van der Waals surface area contributed by atoms with Gasteiger partial charge in [-0.2, -0.15) is 0 Å². The second-order valence-corrected chi connectivity index (χ2v) is 4.65. The van der Waals surface area contributed by atoms with E-state index in [-0.39, 0.29) is 76.6 Å². The van der Waals surface area contributed by atoms with E-state index in [2.05, 4.69) is 29.2 Å². The molecule has 0 spiro atoms. The Morgan fingerprint density at radius 2 is 2.00 bits per heavy atom. The van der Waals surface area contributed by atoms with Crippen molar-refractivity contribution in [1.29, 1.82) is 0 Å². The summed E-state index contributed by atoms with van der Waals surface area (Å²) >= 11 is 4.66. The van der Waals surface area contributed by atoms with Crippen molar-refractivity contribution in [3.63, 3.8) is 0 Å². The van der Waals surface area contributed by atoms with Gasteiger partial charge in [0.25, 0.3) is 5.91 Å². The van der Waals surface area contributed by atoms with Crippen LogP contribution in [0.3, 0.4) is 0 Å². The van der Waals surface area contributed by atoms with Crippen molar-refractivity contribution in [1.82, 2.24) is 0 Å². The Labute approximate surface area is 157 Å². The standard InChI is InChI=1S/C11H16N2O2S.2Na/c1-4-5-11(6-7(2)3)8(14)12-10(16)13-9(11)15;;/h4,7H,1,5-6H2,2-3H3,(H2,12,13,14,15,16);;/q;2*+1/p-2. The molecule has 0 aromatic rings. The van der Waals surface area contributed by atoms with Gasteiger partial charge >= 0.3 is 59.1 Å². The molecule has 0 radical (unpaired) electrons. The molecule has 1 amide bonds. The van der Waals surface area contributed by atoms with Gasteiger partial charge < -0.3 is 17.7 Å². The molecule has 1 unspecified atom stereocenters. The molecule has 7 heteroatoms. The van der Waals surface area contributed by atoms with Crippen molar-refractivity contribution in [2.24, 2.45) is 21.3 Å². The molecule has 1 atom stereocenters. The summed E-state index contributed by atoms with van der Waals surface area (Å²) < 4.78 is 0. The maximum Gasteiger partial charge on any atom is 1.00 e. The Hall–Kier alpha value is 0.770. The van der Waals surface area contributed by atoms with Crippen LogP contribution in [-0.2, 0) is 17.4 Å². The molecule has 0 fully saturated rings. The molecular formula is C11H14N2Na2O2S. The van der Waals surface area contributed by atoms with Crippen LogP contribution in [-0.4, -0.2) is 17.0 Å². The van der Waals surface area contributed by atoms with E-state index in [4.69, 9.17) is 0 Å². The number of allylic oxidation sites excluding steroid dienone is 1. The maximum atomic E-state index is 11.9. The Morgan fingerprint density at radius 1 is 1.44 bits per heavy atom. The van der Waals surface area contributed by atoms with Crippen molar-refractivity contribution in [3.8, 4) is 0 Å². The predicted octanol–water partition coefficient (Wildman–Crippen LogP) is -5.20. The van der Waals surface area contributed by atoms with E-state index >= 15 is 0 Å². The van der Waals surface area contributed by atoms with Crippen LogP contribution in [0.4, 0.5) is 0 Å². The minimum Gasteiger partial charge on any atom is -0.861 e. The molecule has 0 saturated heterocycles. The van der Waals surface area contributed by atoms with Gasteiger partial charge in [-0.25, -0.2) is 4.99 Å². The van der Waals surface area contributed by atoms with Gasteiger partial charge in [0.2, 0.25) is 0 Å². The monoisotopic (exact) mass is 284 g/mol. The fraction of sp³-hybridized carbons (Fsp3) is 0.545. The van der Waals surface area contributed by atoms with E-state index in [1.54, 1.807) is 6.08 Å². The minimum absolute atomic E-state index is 0. The average molecular weight is 284 g/mol. The summed E-state index contributed by atoms with van der Waals surface area (Å²) in [7, 11) is 0. The van der Waals surface area contributed by atoms with E-state index in [9.17, 15) is 9.90 Å². The number of hydrogen-bond acceptors (Lipinski definition) is 4. The van der Waals surface area contributed by atoms with Gasteiger partial charge in [0.15, 0.2) is 0 Å². The molecule has 0 aliphatic carbocycles. The topological polar surface area (TPSA) is 64.8 Å². The number of amidine groups is 1. The number of hydrogen-bond donors (Lipinski definition) is 0. The van der Waals surface area contributed by atoms with Crippen LogP contribution >= 0.6 is 0 Å². The van der Waals surface area contributed by atoms with Gasteiger partial charge in [-0.15, -0.1) is 6.58 Å². The first-order chi connectivity index (χ1) is 7.42. The van der Waals surface area contributed by atoms with Gasteiger partial charge in [0.05, 0.1) is 5.41 Å². The average Bonchev–Trinajstić information content (AvgIpc) is 2.13. The molecule has 1 aliphatic rings. The van der Waals surface area contributed by atoms with E-state index in [0.29, 0.717) is 6.42 Å². The summed E-state index contributed by atoms with van der Waals surface area (Å²) in [6.45, 7) is 7.46. The Kier molecular flexibility index (Phi) is 10.4. The fourth-order valence-electron chi connectivity index (χ4n) is 1.88. The maximum absolute atomic E-state index is 11.9. The van der Waals surface area contributed by atoms with Gasteiger partial charge in [-0.3, -0.25) is 9.79 Å². The predicted molar refractivity (Wildman–Crippen MR) is 63.9 cm³/mol. The molecule has 88 valence electrons. The normalized spacial score (nSPS) is 22.5. The van der Waals surface area contributed by atoms with Crippen LogP contribution in [0.2, 0.25) is 0 Å². The summed E-state index contributed by atoms with van der Waals surface area (Å²) in [4.78, 5) is 19.1. The Bertz CT molecular complexity index is 383. The number of rotatable bonds is 4. The Morgan fingerprint density at radius 3 is 2.39 bits per heavy atom. The first kappa shape index (κ1) is 21.1. The van der Waals surface area contributed by atoms with Crippen molar-refractivity contribution < 1.29 is 69.0 Å². The number of carbonyl (C=O) groups is 1. The number of carbonyl (C=O) groups excluding carboxylic acids is 1. The van der Waals surface area contributed by atoms with Gasteiger partial charge in [-0.05, 0) is 24.7 Å². The zero-order valence-corrected chi connectivity index (χ0v) is 16.2. The molecular weight excluding hydrogens is 270 g/mol. The van der Waals surface area contributed by atoms with Crippen molar-refractivity contribution in [3.05, 3.63) is 12.7 Å². The van der Waals surface area contributed by atoms with Gasteiger partial charge in [0.1, 0.15) is 0 Å². The second-order valence-electron chi connectivity index (χ2n) is 4.29. The summed E-state index contributed by atoms with van der Waals surface area (Å²) in [5.41, 5.74) is -1.17. The van der Waals surface area contributed by atoms with E-state index in [1.807, 2.05) is 13.8 Å². The van der Waals surface area contributed by atoms with E-state index in [1.165, 1.54) is 0 Å². The third-order valence-corrected chi connectivity index (χ3v) is 2.65. The zero-order valence-electron chi connectivity index (χ0n) is 11.4. The van der Waals surface area contributed by atoms with Crippen LogP contribution in [0.15, 0.2) is 22.6 Å². The molecule has 0 N–H and O–H groups in total. The van der Waals surface area contributed by atoms with Crippen molar-refractivity contribution in [2.45, 2.75) is 26.7 Å². The number of amides is 1. The molecule has 18 heavy (non-hydrogen) atoms. The molecule has 0 bridgehead atoms. The molecule has 0 aromatic carbocycles. The largest absolute Gasteiger partial charge is 1.00 e. The molecule has 1 rings (SSSR count). The SMILES string of the molecule is C=CCC1(CC(C)C)C(=O)N=C([S-])N=C1[O-].[Na+].[Na+]. The molecule has 0 aromatic heterocycles. The van der Waals surface area contributed by atoms with Crippen molar-refractivity contribution in [2.75, 3.05) is 0 Å². The molecule has 0 saturated carbocycles. The fourth-order valence-corrected chi connectivity index (χ4v) is 2.05. The first-order valence-corrected chi connectivity index (χ1v) is 5.50. The summed E-state index contributed by atoms with van der Waals surface area (Å²) in [5.74, 6) is -0.762. The van der Waals surface area contributed by atoms with Gasteiger partial charge in [-0.1, -0.05) is 19.9 Å². The Balaban J connectivity index is 0. The van der Waals surface area contributed by atoms with Crippen LogP contribution in [0.5, 0.6) is 0 Å². The van der Waals surface area contributed by atoms with Crippen LogP contribution < -0.4 is 64.2 Å². The van der Waals surface area contributed by atoms with Crippen LogP contribution in [0.25, 0.3) is 0 Å². The second kappa shape index (κ2) is 8.84. The summed E-state index contributed by atoms with van der Waals surface area (Å²) in [6.07, 6.45) is 2.24. The smallest absolute Gasteiger partial charge is 0.861 e. The molecule has 1 heterocycles. The summed E-state index contributed by atoms with van der Waals surface area (Å²) in [5, 5.41) is 11.7. The van der Waals surface area contributed by atoms with Gasteiger partial charge in [0, 0.05) is 5.17 Å². The van der Waals surface area contributed by atoms with Crippen LogP contribution in [0, 0.1) is 11.3 Å². The number of nitrogens with zero attached hydrogens (tertiary/aromatic N) is 2. The third kappa shape index (κ3) is 4.71.